The maximum Gasteiger partial charge on any atom is 0.343 e. The summed E-state index contributed by atoms with van der Waals surface area (Å²) in [6, 6.07) is 25.8. The summed E-state index contributed by atoms with van der Waals surface area (Å²) < 4.78 is 60.9. The Morgan fingerprint density at radius 2 is 1.41 bits per heavy atom. The quantitative estimate of drug-likeness (QED) is 0.105. The van der Waals surface area contributed by atoms with Gasteiger partial charge in [0.15, 0.2) is 17.8 Å². The fourth-order valence-corrected chi connectivity index (χ4v) is 4.78. The van der Waals surface area contributed by atoms with Crippen LogP contribution in [0.15, 0.2) is 109 Å². The minimum atomic E-state index is -2.18. The van der Waals surface area contributed by atoms with Crippen LogP contribution in [0, 0.1) is 5.82 Å². The number of nitrogens with two attached hydrogens (primary N) is 2. The smallest absolute Gasteiger partial charge is 0.343 e. The SMILES string of the molecule is Nc1ccc(C(Cc2ccc(OC(=O)c3ccc(C4=CC(F)=C(F)C(F)C4)c(F)c3)cc2)c2ccc(N)cc2)cc1. The number of allylic oxidation sites excluding steroid dienone is 4. The van der Waals surface area contributed by atoms with Gasteiger partial charge in [-0.1, -0.05) is 42.5 Å². The zero-order valence-corrected chi connectivity index (χ0v) is 21.8. The zero-order chi connectivity index (χ0) is 29.1. The minimum absolute atomic E-state index is 0.0264. The van der Waals surface area contributed by atoms with E-state index in [0.717, 1.165) is 28.8 Å². The van der Waals surface area contributed by atoms with E-state index < -0.39 is 36.0 Å². The van der Waals surface area contributed by atoms with E-state index in [1.165, 1.54) is 12.1 Å². The molecule has 0 aromatic heterocycles. The molecule has 0 fully saturated rings. The van der Waals surface area contributed by atoms with Crippen molar-refractivity contribution in [3.63, 3.8) is 0 Å². The number of nitrogen functional groups attached to an aromatic ring is 2. The van der Waals surface area contributed by atoms with E-state index >= 15 is 0 Å². The summed E-state index contributed by atoms with van der Waals surface area (Å²) in [5, 5.41) is 0. The Balaban J connectivity index is 1.29. The van der Waals surface area contributed by atoms with E-state index in [2.05, 4.69) is 0 Å². The number of benzene rings is 4. The molecule has 4 nitrogen and oxygen atoms in total. The Morgan fingerprint density at radius 3 is 1.95 bits per heavy atom. The van der Waals surface area contributed by atoms with Crippen molar-refractivity contribution in [3.05, 3.63) is 142 Å². The molecule has 0 bridgehead atoms. The summed E-state index contributed by atoms with van der Waals surface area (Å²) in [5.41, 5.74) is 16.0. The van der Waals surface area contributed by atoms with Crippen LogP contribution < -0.4 is 16.2 Å². The van der Waals surface area contributed by atoms with Gasteiger partial charge >= 0.3 is 5.97 Å². The van der Waals surface area contributed by atoms with Crippen molar-refractivity contribution < 1.29 is 27.1 Å². The zero-order valence-electron chi connectivity index (χ0n) is 21.8. The van der Waals surface area contributed by atoms with Crippen molar-refractivity contribution in [2.45, 2.75) is 24.9 Å². The lowest BCUT2D eigenvalue weighted by atomic mass is 9.86. The highest BCUT2D eigenvalue weighted by Gasteiger charge is 2.26. The maximum absolute atomic E-state index is 14.8. The molecule has 0 saturated carbocycles. The molecule has 4 aromatic carbocycles. The molecule has 1 aliphatic rings. The van der Waals surface area contributed by atoms with Gasteiger partial charge in [0.05, 0.1) is 5.56 Å². The number of ether oxygens (including phenoxy) is 1. The van der Waals surface area contributed by atoms with Gasteiger partial charge in [0.25, 0.3) is 0 Å². The van der Waals surface area contributed by atoms with E-state index in [0.29, 0.717) is 17.8 Å². The molecule has 1 unspecified atom stereocenters. The molecule has 0 heterocycles. The fraction of sp³-hybridized carbons (Fsp3) is 0.121. The molecule has 0 aliphatic heterocycles. The molecule has 1 aliphatic carbocycles. The molecule has 0 amide bonds. The van der Waals surface area contributed by atoms with Gasteiger partial charge in [0, 0.05) is 29.3 Å². The summed E-state index contributed by atoms with van der Waals surface area (Å²) >= 11 is 0. The third-order valence-electron chi connectivity index (χ3n) is 7.01. The number of esters is 1. The Morgan fingerprint density at radius 1 is 0.829 bits per heavy atom. The number of hydrogen-bond acceptors (Lipinski definition) is 4. The summed E-state index contributed by atoms with van der Waals surface area (Å²) in [4.78, 5) is 12.7. The van der Waals surface area contributed by atoms with Crippen LogP contribution in [-0.4, -0.2) is 12.1 Å². The molecule has 1 atom stereocenters. The highest BCUT2D eigenvalue weighted by molar-refractivity contribution is 5.91. The number of rotatable bonds is 7. The van der Waals surface area contributed by atoms with Crippen LogP contribution in [0.1, 0.15) is 45.0 Å². The molecular formula is C33H26F4N2O2. The molecule has 4 N–H and O–H groups in total. The molecule has 0 saturated heterocycles. The molecule has 5 rings (SSSR count). The number of alkyl halides is 1. The summed E-state index contributed by atoms with van der Waals surface area (Å²) in [7, 11) is 0. The normalized spacial score (nSPS) is 15.1. The van der Waals surface area contributed by atoms with Crippen molar-refractivity contribution in [2.24, 2.45) is 0 Å². The van der Waals surface area contributed by atoms with E-state index in [-0.39, 0.29) is 28.4 Å². The molecular weight excluding hydrogens is 532 g/mol. The van der Waals surface area contributed by atoms with Crippen LogP contribution in [0.25, 0.3) is 5.57 Å². The van der Waals surface area contributed by atoms with Crippen LogP contribution in [0.2, 0.25) is 0 Å². The van der Waals surface area contributed by atoms with E-state index in [1.54, 1.807) is 12.1 Å². The molecule has 8 heteroatoms. The Kier molecular flexibility index (Phi) is 7.92. The van der Waals surface area contributed by atoms with Crippen molar-refractivity contribution in [1.29, 1.82) is 0 Å². The Bertz CT molecular complexity index is 1580. The van der Waals surface area contributed by atoms with Crippen molar-refractivity contribution in [3.8, 4) is 5.75 Å². The highest BCUT2D eigenvalue weighted by Crippen LogP contribution is 2.35. The number of hydrogen-bond donors (Lipinski definition) is 2. The van der Waals surface area contributed by atoms with E-state index in [9.17, 15) is 22.4 Å². The van der Waals surface area contributed by atoms with Gasteiger partial charge in [0.2, 0.25) is 0 Å². The lowest BCUT2D eigenvalue weighted by Gasteiger charge is -2.19. The maximum atomic E-state index is 14.8. The standard InChI is InChI=1S/C33H26F4N2O2/c34-29-16-22(7-14-27(29)23-17-30(35)32(37)31(36)18-23)33(40)41-26-12-1-19(2-13-26)15-28(20-3-8-24(38)9-4-20)21-5-10-25(39)11-6-21/h1-14,16-17,28,31H,15,18,38-39H2. The van der Waals surface area contributed by atoms with Gasteiger partial charge in [-0.15, -0.1) is 0 Å². The van der Waals surface area contributed by atoms with Gasteiger partial charge in [0.1, 0.15) is 11.6 Å². The van der Waals surface area contributed by atoms with Gasteiger partial charge < -0.3 is 16.2 Å². The van der Waals surface area contributed by atoms with E-state index in [4.69, 9.17) is 16.2 Å². The number of carbonyl (C=O) groups excluding carboxylic acids is 1. The van der Waals surface area contributed by atoms with Gasteiger partial charge in [-0.05, 0) is 83.3 Å². The van der Waals surface area contributed by atoms with Crippen LogP contribution in [0.5, 0.6) is 5.75 Å². The average molecular weight is 559 g/mol. The molecule has 208 valence electrons. The topological polar surface area (TPSA) is 78.3 Å². The van der Waals surface area contributed by atoms with Crippen molar-refractivity contribution >= 4 is 22.9 Å². The summed E-state index contributed by atoms with van der Waals surface area (Å²) in [6.07, 6.45) is -1.28. The first-order valence-corrected chi connectivity index (χ1v) is 12.9. The predicted octanol–water partition coefficient (Wildman–Crippen LogP) is 7.86. The largest absolute Gasteiger partial charge is 0.423 e. The van der Waals surface area contributed by atoms with Crippen molar-refractivity contribution in [1.82, 2.24) is 0 Å². The average Bonchev–Trinajstić information content (AvgIpc) is 2.96. The van der Waals surface area contributed by atoms with Crippen molar-refractivity contribution in [2.75, 3.05) is 11.5 Å². The molecule has 4 aromatic rings. The second kappa shape index (κ2) is 11.7. The molecule has 0 radical (unpaired) electrons. The third-order valence-corrected chi connectivity index (χ3v) is 7.01. The van der Waals surface area contributed by atoms with Crippen LogP contribution >= 0.6 is 0 Å². The predicted molar refractivity (Wildman–Crippen MR) is 152 cm³/mol. The second-order valence-corrected chi connectivity index (χ2v) is 9.86. The third kappa shape index (κ3) is 6.32. The lowest BCUT2D eigenvalue weighted by molar-refractivity contribution is 0.0734. The van der Waals surface area contributed by atoms with Gasteiger partial charge in [-0.2, -0.15) is 0 Å². The molecule has 41 heavy (non-hydrogen) atoms. The number of anilines is 2. The van der Waals surface area contributed by atoms with Crippen LogP contribution in [0.3, 0.4) is 0 Å². The monoisotopic (exact) mass is 558 g/mol. The molecule has 0 spiro atoms. The van der Waals surface area contributed by atoms with E-state index in [1.807, 2.05) is 60.7 Å². The number of halogens is 4. The number of carbonyl (C=O) groups is 1. The first-order valence-electron chi connectivity index (χ1n) is 12.9. The first-order chi connectivity index (χ1) is 19.7. The minimum Gasteiger partial charge on any atom is -0.423 e. The van der Waals surface area contributed by atoms with Crippen LogP contribution in [0.4, 0.5) is 28.9 Å². The lowest BCUT2D eigenvalue weighted by Crippen LogP contribution is -2.11. The van der Waals surface area contributed by atoms with Gasteiger partial charge in [-0.25, -0.2) is 22.4 Å². The summed E-state index contributed by atoms with van der Waals surface area (Å²) in [5.74, 6) is -4.27. The van der Waals surface area contributed by atoms with Gasteiger partial charge in [-0.3, -0.25) is 0 Å². The first kappa shape index (κ1) is 27.7. The second-order valence-electron chi connectivity index (χ2n) is 9.86. The highest BCUT2D eigenvalue weighted by atomic mass is 19.2. The van der Waals surface area contributed by atoms with Crippen LogP contribution in [-0.2, 0) is 6.42 Å². The summed E-state index contributed by atoms with van der Waals surface area (Å²) in [6.45, 7) is 0. The Hall–Kier alpha value is -4.85. The fourth-order valence-electron chi connectivity index (χ4n) is 4.78. The Labute approximate surface area is 234 Å².